The summed E-state index contributed by atoms with van der Waals surface area (Å²) in [6, 6.07) is 8.07. The van der Waals surface area contributed by atoms with Crippen molar-refractivity contribution in [3.63, 3.8) is 0 Å². The third-order valence-corrected chi connectivity index (χ3v) is 5.55. The molecule has 1 fully saturated rings. The smallest absolute Gasteiger partial charge is 0.474 e. The van der Waals surface area contributed by atoms with E-state index < -0.39 is 16.0 Å². The van der Waals surface area contributed by atoms with Gasteiger partial charge < -0.3 is 19.6 Å². The van der Waals surface area contributed by atoms with Crippen LogP contribution in [0.1, 0.15) is 26.7 Å². The highest BCUT2D eigenvalue weighted by Crippen LogP contribution is 2.22. The van der Waals surface area contributed by atoms with Gasteiger partial charge in [0.1, 0.15) is 18.2 Å². The number of piperidine rings is 1. The molecule has 1 saturated heterocycles. The van der Waals surface area contributed by atoms with Crippen LogP contribution in [-0.4, -0.2) is 61.2 Å². The monoisotopic (exact) mass is 450 g/mol. The molecule has 2 heterocycles. The van der Waals surface area contributed by atoms with Crippen LogP contribution in [0.15, 0.2) is 41.6 Å². The quantitative estimate of drug-likeness (QED) is 0.630. The van der Waals surface area contributed by atoms with Crippen LogP contribution < -0.4 is 10.1 Å². The summed E-state index contributed by atoms with van der Waals surface area (Å²) in [6.45, 7) is 4.58. The highest BCUT2D eigenvalue weighted by molar-refractivity contribution is 7.90. The number of hydrogen-bond donors (Lipinski definition) is 1. The standard InChI is InChI=1S/C20H26N4O6S/c1-14(2)28-20(25)30-24-10-8-16(9-11-24)29-19-12-18(21-13-22-19)23-15-4-6-17(7-5-15)31(3,26)27/h4-7,12-14,16H,8-11H2,1-3H3,(H,21,22,23). The first kappa shape index (κ1) is 22.8. The fraction of sp³-hybridized carbons (Fsp3) is 0.450. The first-order chi connectivity index (χ1) is 14.7. The van der Waals surface area contributed by atoms with Crippen LogP contribution in [0.4, 0.5) is 16.3 Å². The summed E-state index contributed by atoms with van der Waals surface area (Å²) >= 11 is 0. The van der Waals surface area contributed by atoms with Crippen LogP contribution in [0.2, 0.25) is 0 Å². The van der Waals surface area contributed by atoms with Gasteiger partial charge in [0, 0.05) is 43.9 Å². The Morgan fingerprint density at radius 2 is 1.84 bits per heavy atom. The van der Waals surface area contributed by atoms with E-state index >= 15 is 0 Å². The van der Waals surface area contributed by atoms with Crippen molar-refractivity contribution in [3.8, 4) is 5.88 Å². The number of sulfone groups is 1. The largest absolute Gasteiger partial charge is 0.528 e. The molecular formula is C20H26N4O6S. The van der Waals surface area contributed by atoms with Gasteiger partial charge in [-0.25, -0.2) is 23.2 Å². The molecule has 0 atom stereocenters. The number of carbonyl (C=O) groups excluding carboxylic acids is 1. The number of nitrogens with one attached hydrogen (secondary N) is 1. The minimum Gasteiger partial charge on any atom is -0.474 e. The molecule has 0 amide bonds. The second-order valence-corrected chi connectivity index (χ2v) is 9.43. The molecule has 168 valence electrons. The molecule has 1 aliphatic rings. The number of carbonyl (C=O) groups is 1. The van der Waals surface area contributed by atoms with Crippen molar-refractivity contribution < 1.29 is 27.5 Å². The molecule has 3 rings (SSSR count). The van der Waals surface area contributed by atoms with Crippen LogP contribution in [0, 0.1) is 0 Å². The van der Waals surface area contributed by atoms with Crippen molar-refractivity contribution in [2.24, 2.45) is 0 Å². The van der Waals surface area contributed by atoms with Crippen molar-refractivity contribution in [1.29, 1.82) is 0 Å². The minimum atomic E-state index is -3.24. The summed E-state index contributed by atoms with van der Waals surface area (Å²) in [6.07, 6.45) is 2.87. The van der Waals surface area contributed by atoms with Crippen molar-refractivity contribution in [1.82, 2.24) is 15.0 Å². The second kappa shape index (κ2) is 9.92. The first-order valence-corrected chi connectivity index (χ1v) is 11.8. The molecule has 0 aliphatic carbocycles. The number of ether oxygens (including phenoxy) is 2. The number of anilines is 2. The maximum Gasteiger partial charge on any atom is 0.528 e. The van der Waals surface area contributed by atoms with Crippen LogP contribution in [-0.2, 0) is 19.4 Å². The second-order valence-electron chi connectivity index (χ2n) is 7.42. The maximum atomic E-state index is 11.6. The molecule has 1 aromatic carbocycles. The molecule has 0 radical (unpaired) electrons. The Labute approximate surface area is 181 Å². The molecule has 0 spiro atoms. The first-order valence-electron chi connectivity index (χ1n) is 9.88. The van der Waals surface area contributed by atoms with E-state index in [4.69, 9.17) is 14.3 Å². The predicted molar refractivity (Wildman–Crippen MR) is 113 cm³/mol. The SMILES string of the molecule is CC(C)OC(=O)ON1CCC(Oc2cc(Nc3ccc(S(C)(=O)=O)cc3)ncn2)CC1. The lowest BCUT2D eigenvalue weighted by Gasteiger charge is -2.30. The highest BCUT2D eigenvalue weighted by atomic mass is 32.2. The molecular weight excluding hydrogens is 424 g/mol. The van der Waals surface area contributed by atoms with Gasteiger partial charge in [-0.2, -0.15) is 0 Å². The lowest BCUT2D eigenvalue weighted by molar-refractivity contribution is -0.151. The Kier molecular flexibility index (Phi) is 7.29. The van der Waals surface area contributed by atoms with Crippen molar-refractivity contribution in [2.75, 3.05) is 24.7 Å². The number of rotatable bonds is 7. The van der Waals surface area contributed by atoms with Crippen LogP contribution in [0.5, 0.6) is 5.88 Å². The molecule has 10 nitrogen and oxygen atoms in total. The van der Waals surface area contributed by atoms with Crippen molar-refractivity contribution >= 4 is 27.5 Å². The minimum absolute atomic E-state index is 0.0715. The van der Waals surface area contributed by atoms with E-state index in [-0.39, 0.29) is 17.1 Å². The predicted octanol–water partition coefficient (Wildman–Crippen LogP) is 2.94. The van der Waals surface area contributed by atoms with Crippen LogP contribution in [0.3, 0.4) is 0 Å². The summed E-state index contributed by atoms with van der Waals surface area (Å²) in [4.78, 5) is 25.3. The van der Waals surface area contributed by atoms with Crippen LogP contribution >= 0.6 is 0 Å². The Morgan fingerprint density at radius 1 is 1.16 bits per heavy atom. The van der Waals surface area contributed by atoms with Gasteiger partial charge in [0.15, 0.2) is 9.84 Å². The normalized spacial score (nSPS) is 15.5. The highest BCUT2D eigenvalue weighted by Gasteiger charge is 2.24. The molecule has 0 bridgehead atoms. The van der Waals surface area contributed by atoms with Gasteiger partial charge in [0.2, 0.25) is 5.88 Å². The van der Waals surface area contributed by atoms with Gasteiger partial charge in [-0.3, -0.25) is 0 Å². The van der Waals surface area contributed by atoms with Gasteiger partial charge in [0.25, 0.3) is 0 Å². The number of nitrogens with zero attached hydrogens (tertiary/aromatic N) is 3. The molecule has 1 aromatic heterocycles. The molecule has 31 heavy (non-hydrogen) atoms. The lowest BCUT2D eigenvalue weighted by atomic mass is 10.1. The zero-order chi connectivity index (χ0) is 22.4. The average molecular weight is 451 g/mol. The van der Waals surface area contributed by atoms with E-state index in [2.05, 4.69) is 15.3 Å². The Balaban J connectivity index is 1.51. The van der Waals surface area contributed by atoms with Gasteiger partial charge in [-0.15, -0.1) is 5.06 Å². The zero-order valence-corrected chi connectivity index (χ0v) is 18.5. The van der Waals surface area contributed by atoms with E-state index in [0.717, 1.165) is 6.26 Å². The number of hydroxylamine groups is 2. The van der Waals surface area contributed by atoms with Gasteiger partial charge in [-0.1, -0.05) is 0 Å². The number of aromatic nitrogens is 2. The van der Waals surface area contributed by atoms with Crippen LogP contribution in [0.25, 0.3) is 0 Å². The zero-order valence-electron chi connectivity index (χ0n) is 17.6. The van der Waals surface area contributed by atoms with E-state index in [0.29, 0.717) is 43.3 Å². The Hall–Kier alpha value is -2.92. The van der Waals surface area contributed by atoms with E-state index in [1.165, 1.54) is 18.5 Å². The summed E-state index contributed by atoms with van der Waals surface area (Å²) in [5.41, 5.74) is 0.691. The summed E-state index contributed by atoms with van der Waals surface area (Å²) in [7, 11) is -3.24. The Bertz CT molecular complexity index is 989. The third kappa shape index (κ3) is 7.07. The molecule has 1 N–H and O–H groups in total. The fourth-order valence-electron chi connectivity index (χ4n) is 2.94. The van der Waals surface area contributed by atoms with E-state index in [9.17, 15) is 13.2 Å². The number of hydrogen-bond acceptors (Lipinski definition) is 10. The molecule has 11 heteroatoms. The molecule has 0 saturated carbocycles. The van der Waals surface area contributed by atoms with Gasteiger partial charge in [-0.05, 0) is 38.1 Å². The van der Waals surface area contributed by atoms with Gasteiger partial charge >= 0.3 is 6.16 Å². The van der Waals surface area contributed by atoms with Crippen molar-refractivity contribution in [2.45, 2.75) is 43.8 Å². The lowest BCUT2D eigenvalue weighted by Crippen LogP contribution is -2.40. The fourth-order valence-corrected chi connectivity index (χ4v) is 3.57. The average Bonchev–Trinajstić information content (AvgIpc) is 2.69. The van der Waals surface area contributed by atoms with Crippen molar-refractivity contribution in [3.05, 3.63) is 36.7 Å². The summed E-state index contributed by atoms with van der Waals surface area (Å²) in [5.74, 6) is 0.943. The topological polar surface area (TPSA) is 120 Å². The molecule has 1 aliphatic heterocycles. The number of benzene rings is 1. The summed E-state index contributed by atoms with van der Waals surface area (Å²) in [5, 5.41) is 4.67. The van der Waals surface area contributed by atoms with E-state index in [1.807, 2.05) is 0 Å². The third-order valence-electron chi connectivity index (χ3n) is 4.42. The van der Waals surface area contributed by atoms with Gasteiger partial charge in [0.05, 0.1) is 11.0 Å². The maximum absolute atomic E-state index is 11.6. The van der Waals surface area contributed by atoms with E-state index in [1.54, 1.807) is 37.1 Å². The Morgan fingerprint density at radius 3 is 2.45 bits per heavy atom. The molecule has 2 aromatic rings. The summed E-state index contributed by atoms with van der Waals surface area (Å²) < 4.78 is 34.0. The molecule has 0 unspecified atom stereocenters.